The van der Waals surface area contributed by atoms with E-state index in [1.165, 1.54) is 0 Å². The van der Waals surface area contributed by atoms with Crippen LogP contribution in [-0.2, 0) is 4.74 Å². The van der Waals surface area contributed by atoms with Crippen molar-refractivity contribution in [2.24, 2.45) is 0 Å². The molecular weight excluding hydrogens is 298 g/mol. The minimum Gasteiger partial charge on any atom is -0.481 e. The van der Waals surface area contributed by atoms with Gasteiger partial charge in [-0.1, -0.05) is 37.8 Å². The number of rotatable bonds is 8. The van der Waals surface area contributed by atoms with Gasteiger partial charge in [-0.15, -0.1) is 0 Å². The van der Waals surface area contributed by atoms with Crippen molar-refractivity contribution in [3.63, 3.8) is 0 Å². The number of hydrogen-bond acceptors (Lipinski definition) is 6. The summed E-state index contributed by atoms with van der Waals surface area (Å²) in [6, 6.07) is 0. The molecule has 1 heterocycles. The molecule has 0 aliphatic heterocycles. The highest BCUT2D eigenvalue weighted by Crippen LogP contribution is 2.13. The molecule has 0 bridgehead atoms. The van der Waals surface area contributed by atoms with Crippen LogP contribution in [0.3, 0.4) is 0 Å². The smallest absolute Gasteiger partial charge is 0.361 e. The zero-order valence-corrected chi connectivity index (χ0v) is 13.3. The summed E-state index contributed by atoms with van der Waals surface area (Å²) in [5.41, 5.74) is 5.16. The number of aromatic amines is 1. The van der Waals surface area contributed by atoms with Crippen LogP contribution < -0.4 is 16.0 Å². The standard InChI is InChI=1S/C16H21N3O4/c1-4-6-7-8-9-11(3)10-23-13-12(15(21)22-5-2)18-16(17)19-14(13)20/h6-9H,3-5,10H2,1-2H3,(H3,17,18,19,20)/b7-6-,9-8-. The molecule has 0 spiro atoms. The molecule has 0 aliphatic rings. The second kappa shape index (κ2) is 9.24. The molecule has 0 saturated heterocycles. The highest BCUT2D eigenvalue weighted by molar-refractivity contribution is 5.90. The van der Waals surface area contributed by atoms with Gasteiger partial charge in [-0.2, -0.15) is 0 Å². The quantitative estimate of drug-likeness (QED) is 0.560. The molecule has 0 aliphatic carbocycles. The zero-order valence-electron chi connectivity index (χ0n) is 13.3. The number of hydrogen-bond donors (Lipinski definition) is 2. The Balaban J connectivity index is 2.89. The number of H-pyrrole nitrogens is 1. The molecule has 3 N–H and O–H groups in total. The van der Waals surface area contributed by atoms with Gasteiger partial charge in [-0.05, 0) is 18.9 Å². The number of nitrogen functional groups attached to an aromatic ring is 1. The van der Waals surface area contributed by atoms with Crippen molar-refractivity contribution in [2.45, 2.75) is 20.3 Å². The summed E-state index contributed by atoms with van der Waals surface area (Å²) in [6.45, 7) is 7.65. The third-order valence-corrected chi connectivity index (χ3v) is 2.58. The molecule has 1 aromatic heterocycles. The summed E-state index contributed by atoms with van der Waals surface area (Å²) in [5.74, 6) is -1.20. The molecular formula is C16H21N3O4. The second-order valence-electron chi connectivity index (χ2n) is 4.49. The Hall–Kier alpha value is -2.83. The molecule has 0 amide bonds. The fraction of sp³-hybridized carbons (Fsp3) is 0.312. The molecule has 0 radical (unpaired) electrons. The van der Waals surface area contributed by atoms with Crippen LogP contribution in [0.25, 0.3) is 0 Å². The normalized spacial score (nSPS) is 11.0. The number of allylic oxidation sites excluding steroid dienone is 3. The Bertz CT molecular complexity index is 674. The second-order valence-corrected chi connectivity index (χ2v) is 4.49. The number of ether oxygens (including phenoxy) is 2. The monoisotopic (exact) mass is 319 g/mol. The van der Waals surface area contributed by atoms with Crippen LogP contribution in [0, 0.1) is 0 Å². The number of nitrogens with zero attached hydrogens (tertiary/aromatic N) is 1. The maximum Gasteiger partial charge on any atom is 0.361 e. The maximum absolute atomic E-state index is 11.9. The molecule has 7 nitrogen and oxygen atoms in total. The Morgan fingerprint density at radius 3 is 2.78 bits per heavy atom. The van der Waals surface area contributed by atoms with E-state index in [0.29, 0.717) is 5.57 Å². The summed E-state index contributed by atoms with van der Waals surface area (Å²) in [4.78, 5) is 29.8. The first-order valence-corrected chi connectivity index (χ1v) is 7.20. The fourth-order valence-corrected chi connectivity index (χ4v) is 1.57. The van der Waals surface area contributed by atoms with E-state index in [0.717, 1.165) is 6.42 Å². The Kier molecular flexibility index (Phi) is 7.32. The molecule has 0 atom stereocenters. The van der Waals surface area contributed by atoms with Gasteiger partial charge < -0.3 is 15.2 Å². The summed E-state index contributed by atoms with van der Waals surface area (Å²) in [7, 11) is 0. The summed E-state index contributed by atoms with van der Waals surface area (Å²) in [5, 5.41) is 0. The zero-order chi connectivity index (χ0) is 17.2. The topological polar surface area (TPSA) is 107 Å². The molecule has 1 aromatic rings. The van der Waals surface area contributed by atoms with Crippen molar-refractivity contribution in [3.05, 3.63) is 52.5 Å². The van der Waals surface area contributed by atoms with E-state index >= 15 is 0 Å². The number of anilines is 1. The fourth-order valence-electron chi connectivity index (χ4n) is 1.57. The first kappa shape index (κ1) is 18.2. The number of nitrogens with two attached hydrogens (primary N) is 1. The van der Waals surface area contributed by atoms with Crippen molar-refractivity contribution < 1.29 is 14.3 Å². The highest BCUT2D eigenvalue weighted by Gasteiger charge is 2.20. The minimum atomic E-state index is -0.771. The van der Waals surface area contributed by atoms with Crippen LogP contribution in [0.1, 0.15) is 30.8 Å². The van der Waals surface area contributed by atoms with Crippen molar-refractivity contribution in [2.75, 3.05) is 18.9 Å². The lowest BCUT2D eigenvalue weighted by molar-refractivity contribution is 0.0514. The summed E-state index contributed by atoms with van der Waals surface area (Å²) in [6.07, 6.45) is 8.36. The van der Waals surface area contributed by atoms with E-state index in [1.807, 2.05) is 25.2 Å². The van der Waals surface area contributed by atoms with Crippen molar-refractivity contribution in [1.82, 2.24) is 9.97 Å². The first-order chi connectivity index (χ1) is 11.0. The van der Waals surface area contributed by atoms with Gasteiger partial charge in [-0.3, -0.25) is 9.78 Å². The molecule has 1 rings (SSSR count). The lowest BCUT2D eigenvalue weighted by Crippen LogP contribution is -2.22. The van der Waals surface area contributed by atoms with Gasteiger partial charge in [0.1, 0.15) is 6.61 Å². The van der Waals surface area contributed by atoms with Crippen LogP contribution in [0.4, 0.5) is 5.95 Å². The third-order valence-electron chi connectivity index (χ3n) is 2.58. The number of nitrogens with one attached hydrogen (secondary N) is 1. The minimum absolute atomic E-state index is 0.0253. The molecule has 0 fully saturated rings. The van der Waals surface area contributed by atoms with Gasteiger partial charge in [0, 0.05) is 0 Å². The molecule has 0 saturated carbocycles. The van der Waals surface area contributed by atoms with Crippen LogP contribution in [-0.4, -0.2) is 29.2 Å². The average molecular weight is 319 g/mol. The van der Waals surface area contributed by atoms with E-state index in [4.69, 9.17) is 15.2 Å². The van der Waals surface area contributed by atoms with Crippen LogP contribution in [0.5, 0.6) is 5.75 Å². The van der Waals surface area contributed by atoms with E-state index in [1.54, 1.807) is 13.0 Å². The van der Waals surface area contributed by atoms with Crippen molar-refractivity contribution in [1.29, 1.82) is 0 Å². The van der Waals surface area contributed by atoms with E-state index in [2.05, 4.69) is 16.5 Å². The van der Waals surface area contributed by atoms with Crippen LogP contribution in [0.2, 0.25) is 0 Å². The predicted molar refractivity (Wildman–Crippen MR) is 88.4 cm³/mol. The van der Waals surface area contributed by atoms with Crippen molar-refractivity contribution >= 4 is 11.9 Å². The number of carbonyl (C=O) groups is 1. The van der Waals surface area contributed by atoms with Gasteiger partial charge in [0.05, 0.1) is 6.61 Å². The van der Waals surface area contributed by atoms with Gasteiger partial charge in [0.25, 0.3) is 5.56 Å². The molecule has 0 unspecified atom stereocenters. The molecule has 0 aromatic carbocycles. The highest BCUT2D eigenvalue weighted by atomic mass is 16.5. The Labute approximate surface area is 134 Å². The summed E-state index contributed by atoms with van der Waals surface area (Å²) >= 11 is 0. The number of esters is 1. The Morgan fingerprint density at radius 1 is 1.39 bits per heavy atom. The largest absolute Gasteiger partial charge is 0.481 e. The molecule has 7 heteroatoms. The summed E-state index contributed by atoms with van der Waals surface area (Å²) < 4.78 is 10.2. The average Bonchev–Trinajstić information content (AvgIpc) is 2.50. The SMILES string of the molecule is C=C(/C=C\C=C/CC)COc1c(C(=O)OCC)nc(N)[nH]c1=O. The predicted octanol–water partition coefficient (Wildman–Crippen LogP) is 1.99. The maximum atomic E-state index is 11.9. The van der Waals surface area contributed by atoms with Crippen LogP contribution in [0.15, 0.2) is 41.3 Å². The van der Waals surface area contributed by atoms with Gasteiger partial charge >= 0.3 is 5.97 Å². The van der Waals surface area contributed by atoms with Crippen LogP contribution >= 0.6 is 0 Å². The van der Waals surface area contributed by atoms with E-state index in [9.17, 15) is 9.59 Å². The number of aromatic nitrogens is 2. The molecule has 23 heavy (non-hydrogen) atoms. The Morgan fingerprint density at radius 2 is 2.13 bits per heavy atom. The lowest BCUT2D eigenvalue weighted by atomic mass is 10.3. The van der Waals surface area contributed by atoms with Crippen molar-refractivity contribution in [3.8, 4) is 5.75 Å². The first-order valence-electron chi connectivity index (χ1n) is 7.20. The van der Waals surface area contributed by atoms with Gasteiger partial charge in [-0.25, -0.2) is 9.78 Å². The lowest BCUT2D eigenvalue weighted by Gasteiger charge is -2.09. The van der Waals surface area contributed by atoms with Gasteiger partial charge in [0.15, 0.2) is 5.69 Å². The van der Waals surface area contributed by atoms with Gasteiger partial charge in [0.2, 0.25) is 11.7 Å². The number of carbonyl (C=O) groups excluding carboxylic acids is 1. The molecule has 124 valence electrons. The third kappa shape index (κ3) is 5.82. The van der Waals surface area contributed by atoms with E-state index < -0.39 is 11.5 Å². The van der Waals surface area contributed by atoms with E-state index in [-0.39, 0.29) is 30.6 Å².